The van der Waals surface area contributed by atoms with Crippen molar-refractivity contribution in [2.45, 2.75) is 26.1 Å². The summed E-state index contributed by atoms with van der Waals surface area (Å²) in [6.07, 6.45) is 0. The van der Waals surface area contributed by atoms with Crippen LogP contribution in [-0.2, 0) is 22.3 Å². The molecule has 2 aromatic rings. The molecule has 0 saturated carbocycles. The summed E-state index contributed by atoms with van der Waals surface area (Å²) in [6, 6.07) is 6.93. The highest BCUT2D eigenvalue weighted by Crippen LogP contribution is 2.19. The third kappa shape index (κ3) is 4.02. The number of thiazole rings is 1. The van der Waals surface area contributed by atoms with Crippen molar-refractivity contribution < 1.29 is 8.42 Å². The van der Waals surface area contributed by atoms with Gasteiger partial charge in [-0.15, -0.1) is 11.3 Å². The molecule has 1 aromatic heterocycles. The van der Waals surface area contributed by atoms with E-state index in [0.717, 1.165) is 15.6 Å². The van der Waals surface area contributed by atoms with Gasteiger partial charge in [-0.1, -0.05) is 29.8 Å². The maximum atomic E-state index is 12.0. The molecule has 0 unspecified atom stereocenters. The van der Waals surface area contributed by atoms with E-state index in [1.807, 2.05) is 13.8 Å². The minimum absolute atomic E-state index is 0.129. The average Bonchev–Trinajstić information content (AvgIpc) is 2.69. The van der Waals surface area contributed by atoms with Gasteiger partial charge in [-0.25, -0.2) is 18.1 Å². The van der Waals surface area contributed by atoms with Gasteiger partial charge in [0.1, 0.15) is 5.01 Å². The Hall–Kier alpha value is -0.950. The van der Waals surface area contributed by atoms with Crippen LogP contribution >= 0.6 is 22.9 Å². The normalized spacial score (nSPS) is 11.8. The summed E-state index contributed by atoms with van der Waals surface area (Å²) in [5.41, 5.74) is 1.53. The van der Waals surface area contributed by atoms with E-state index >= 15 is 0 Å². The van der Waals surface area contributed by atoms with Gasteiger partial charge in [0.15, 0.2) is 0 Å². The van der Waals surface area contributed by atoms with Crippen molar-refractivity contribution in [2.75, 3.05) is 0 Å². The maximum absolute atomic E-state index is 12.0. The second-order valence-corrected chi connectivity index (χ2v) is 7.92. The average molecular weight is 331 g/mol. The zero-order chi connectivity index (χ0) is 14.8. The van der Waals surface area contributed by atoms with Crippen molar-refractivity contribution >= 4 is 33.0 Å². The van der Waals surface area contributed by atoms with Crippen LogP contribution in [0.2, 0.25) is 5.02 Å². The highest BCUT2D eigenvalue weighted by Gasteiger charge is 2.14. The summed E-state index contributed by atoms with van der Waals surface area (Å²) in [5, 5.41) is 1.22. The smallest absolute Gasteiger partial charge is 0.216 e. The molecule has 4 nitrogen and oxygen atoms in total. The summed E-state index contributed by atoms with van der Waals surface area (Å²) in [6.45, 7) is 4.09. The number of hydrogen-bond acceptors (Lipinski definition) is 4. The lowest BCUT2D eigenvalue weighted by atomic mass is 10.2. The zero-order valence-electron chi connectivity index (χ0n) is 11.2. The lowest BCUT2D eigenvalue weighted by Gasteiger charge is -2.06. The number of sulfonamides is 1. The first kappa shape index (κ1) is 15.4. The Bertz CT molecular complexity index is 691. The molecule has 0 aliphatic rings. The van der Waals surface area contributed by atoms with E-state index in [-0.39, 0.29) is 12.3 Å². The van der Waals surface area contributed by atoms with Gasteiger partial charge in [0.05, 0.1) is 18.0 Å². The van der Waals surface area contributed by atoms with E-state index in [4.69, 9.17) is 11.6 Å². The van der Waals surface area contributed by atoms with Gasteiger partial charge in [-0.05, 0) is 25.5 Å². The van der Waals surface area contributed by atoms with Crippen LogP contribution < -0.4 is 4.72 Å². The lowest BCUT2D eigenvalue weighted by molar-refractivity contribution is 0.580. The fourth-order valence-electron chi connectivity index (χ4n) is 1.66. The molecule has 0 bridgehead atoms. The van der Waals surface area contributed by atoms with Crippen molar-refractivity contribution in [3.63, 3.8) is 0 Å². The first-order valence-electron chi connectivity index (χ1n) is 6.01. The number of nitrogens with zero attached hydrogens (tertiary/aromatic N) is 1. The molecule has 0 spiro atoms. The molecule has 0 aliphatic heterocycles. The van der Waals surface area contributed by atoms with E-state index < -0.39 is 10.0 Å². The molecule has 0 amide bonds. The van der Waals surface area contributed by atoms with E-state index in [0.29, 0.717) is 10.6 Å². The lowest BCUT2D eigenvalue weighted by Crippen LogP contribution is -2.24. The van der Waals surface area contributed by atoms with Crippen LogP contribution in [0.15, 0.2) is 24.3 Å². The molecule has 1 heterocycles. The van der Waals surface area contributed by atoms with Gasteiger partial charge >= 0.3 is 0 Å². The number of nitrogens with one attached hydrogen (secondary N) is 1. The second kappa shape index (κ2) is 6.22. The van der Waals surface area contributed by atoms with Gasteiger partial charge < -0.3 is 0 Å². The molecule has 0 radical (unpaired) electrons. The minimum Gasteiger partial charge on any atom is -0.245 e. The van der Waals surface area contributed by atoms with Gasteiger partial charge in [0.2, 0.25) is 10.0 Å². The van der Waals surface area contributed by atoms with Gasteiger partial charge in [-0.2, -0.15) is 0 Å². The van der Waals surface area contributed by atoms with Crippen LogP contribution in [0, 0.1) is 13.8 Å². The molecule has 0 saturated heterocycles. The monoisotopic (exact) mass is 330 g/mol. The Morgan fingerprint density at radius 1 is 1.30 bits per heavy atom. The minimum atomic E-state index is -3.43. The van der Waals surface area contributed by atoms with E-state index in [1.165, 1.54) is 11.3 Å². The van der Waals surface area contributed by atoms with Crippen molar-refractivity contribution in [1.29, 1.82) is 0 Å². The SMILES string of the molecule is Cc1nc(CNS(=O)(=O)Cc2ccccc2Cl)sc1C. The topological polar surface area (TPSA) is 59.1 Å². The van der Waals surface area contributed by atoms with Crippen molar-refractivity contribution in [2.24, 2.45) is 0 Å². The Morgan fingerprint density at radius 2 is 2.00 bits per heavy atom. The molecule has 108 valence electrons. The first-order chi connectivity index (χ1) is 9.37. The molecular weight excluding hydrogens is 316 g/mol. The van der Waals surface area contributed by atoms with Crippen LogP contribution in [0.25, 0.3) is 0 Å². The molecule has 20 heavy (non-hydrogen) atoms. The largest absolute Gasteiger partial charge is 0.245 e. The highest BCUT2D eigenvalue weighted by atomic mass is 35.5. The Balaban J connectivity index is 2.03. The van der Waals surface area contributed by atoms with Crippen molar-refractivity contribution in [3.05, 3.63) is 50.4 Å². The third-order valence-electron chi connectivity index (χ3n) is 2.82. The number of aryl methyl sites for hydroxylation is 2. The van der Waals surface area contributed by atoms with Crippen LogP contribution in [0.4, 0.5) is 0 Å². The van der Waals surface area contributed by atoms with Crippen LogP contribution in [0.5, 0.6) is 0 Å². The number of rotatable bonds is 5. The number of aromatic nitrogens is 1. The van der Waals surface area contributed by atoms with Gasteiger partial charge in [0, 0.05) is 9.90 Å². The van der Waals surface area contributed by atoms with Crippen molar-refractivity contribution in [3.8, 4) is 0 Å². The maximum Gasteiger partial charge on any atom is 0.216 e. The molecule has 1 N–H and O–H groups in total. The fraction of sp³-hybridized carbons (Fsp3) is 0.308. The van der Waals surface area contributed by atoms with Crippen LogP contribution in [-0.4, -0.2) is 13.4 Å². The third-order valence-corrected chi connectivity index (χ3v) is 5.54. The quantitative estimate of drug-likeness (QED) is 0.916. The molecule has 0 atom stereocenters. The Kier molecular flexibility index (Phi) is 4.80. The standard InChI is InChI=1S/C13H15ClN2O2S2/c1-9-10(2)19-13(16-9)7-15-20(17,18)8-11-5-3-4-6-12(11)14/h3-6,15H,7-8H2,1-2H3. The van der Waals surface area contributed by atoms with Crippen molar-refractivity contribution in [1.82, 2.24) is 9.71 Å². The Labute approximate surface area is 127 Å². The summed E-state index contributed by atoms with van der Waals surface area (Å²) in [7, 11) is -3.43. The highest BCUT2D eigenvalue weighted by molar-refractivity contribution is 7.88. The molecule has 0 aliphatic carbocycles. The van der Waals surface area contributed by atoms with Crippen LogP contribution in [0.1, 0.15) is 21.1 Å². The summed E-state index contributed by atoms with van der Waals surface area (Å²) < 4.78 is 26.6. The fourth-order valence-corrected chi connectivity index (χ4v) is 4.02. The predicted molar refractivity (Wildman–Crippen MR) is 82.5 cm³/mol. The van der Waals surface area contributed by atoms with E-state index in [1.54, 1.807) is 24.3 Å². The summed E-state index contributed by atoms with van der Waals surface area (Å²) >= 11 is 7.47. The second-order valence-electron chi connectivity index (χ2n) is 4.42. The zero-order valence-corrected chi connectivity index (χ0v) is 13.6. The molecule has 1 aromatic carbocycles. The van der Waals surface area contributed by atoms with E-state index in [2.05, 4.69) is 9.71 Å². The molecule has 2 rings (SSSR count). The van der Waals surface area contributed by atoms with E-state index in [9.17, 15) is 8.42 Å². The molecule has 0 fully saturated rings. The Morgan fingerprint density at radius 3 is 2.60 bits per heavy atom. The molecule has 7 heteroatoms. The molecular formula is C13H15ClN2O2S2. The number of hydrogen-bond donors (Lipinski definition) is 1. The van der Waals surface area contributed by atoms with Crippen LogP contribution in [0.3, 0.4) is 0 Å². The first-order valence-corrected chi connectivity index (χ1v) is 8.86. The predicted octanol–water partition coefficient (Wildman–Crippen LogP) is 3.03. The van der Waals surface area contributed by atoms with Gasteiger partial charge in [0.25, 0.3) is 0 Å². The summed E-state index contributed by atoms with van der Waals surface area (Å²) in [5.74, 6) is -0.129. The summed E-state index contributed by atoms with van der Waals surface area (Å²) in [4.78, 5) is 5.41. The number of halogens is 1. The number of benzene rings is 1. The van der Waals surface area contributed by atoms with Gasteiger partial charge in [-0.3, -0.25) is 0 Å².